The van der Waals surface area contributed by atoms with Crippen LogP contribution in [0.2, 0.25) is 0 Å². The zero-order valence-corrected chi connectivity index (χ0v) is 14.6. The van der Waals surface area contributed by atoms with Crippen LogP contribution < -0.4 is 14.8 Å². The van der Waals surface area contributed by atoms with Crippen LogP contribution in [0.25, 0.3) is 11.3 Å². The lowest BCUT2D eigenvalue weighted by molar-refractivity contribution is -0.115. The molecule has 0 fully saturated rings. The van der Waals surface area contributed by atoms with Crippen LogP contribution in [0.15, 0.2) is 57.5 Å². The van der Waals surface area contributed by atoms with Gasteiger partial charge in [-0.25, -0.2) is 0 Å². The van der Waals surface area contributed by atoms with Crippen LogP contribution in [0.5, 0.6) is 11.5 Å². The Morgan fingerprint density at radius 2 is 2.00 bits per heavy atom. The van der Waals surface area contributed by atoms with Crippen molar-refractivity contribution in [2.45, 2.75) is 6.42 Å². The highest BCUT2D eigenvalue weighted by atomic mass is 79.9. The molecule has 1 amide bonds. The predicted octanol–water partition coefficient (Wildman–Crippen LogP) is 4.01. The maximum absolute atomic E-state index is 12.1. The van der Waals surface area contributed by atoms with Gasteiger partial charge in [-0.05, 0) is 36.4 Å². The van der Waals surface area contributed by atoms with Crippen molar-refractivity contribution in [2.75, 3.05) is 12.1 Å². The number of halogens is 1. The monoisotopic (exact) mass is 400 g/mol. The molecule has 1 aliphatic heterocycles. The number of ether oxygens (including phenoxy) is 2. The Labute approximate surface area is 151 Å². The standard InChI is InChI=1S/C18H13BrN2O4/c19-12-2-1-3-13(7-12)20-18(22)9-14-8-16(25-21-14)11-4-5-15-17(6-11)24-10-23-15/h1-8H,9-10H2,(H,20,22). The quantitative estimate of drug-likeness (QED) is 0.715. The number of rotatable bonds is 4. The van der Waals surface area contributed by atoms with Crippen molar-refractivity contribution in [3.05, 3.63) is 58.7 Å². The molecule has 1 aliphatic rings. The molecule has 1 N–H and O–H groups in total. The summed E-state index contributed by atoms with van der Waals surface area (Å²) in [4.78, 5) is 12.1. The first kappa shape index (κ1) is 15.7. The molecule has 0 unspecified atom stereocenters. The van der Waals surface area contributed by atoms with Gasteiger partial charge in [0.2, 0.25) is 12.7 Å². The molecule has 0 saturated carbocycles. The molecule has 3 aromatic rings. The van der Waals surface area contributed by atoms with Gasteiger partial charge in [0, 0.05) is 21.8 Å². The second kappa shape index (κ2) is 6.60. The summed E-state index contributed by atoms with van der Waals surface area (Å²) in [5, 5.41) is 6.80. The minimum atomic E-state index is -0.163. The first-order valence-corrected chi connectivity index (χ1v) is 8.38. The highest BCUT2D eigenvalue weighted by Gasteiger charge is 2.16. The highest BCUT2D eigenvalue weighted by molar-refractivity contribution is 9.10. The van der Waals surface area contributed by atoms with E-state index in [-0.39, 0.29) is 19.1 Å². The van der Waals surface area contributed by atoms with Gasteiger partial charge in [0.05, 0.1) is 12.1 Å². The lowest BCUT2D eigenvalue weighted by atomic mass is 10.1. The van der Waals surface area contributed by atoms with Gasteiger partial charge in [-0.3, -0.25) is 4.79 Å². The Morgan fingerprint density at radius 3 is 2.88 bits per heavy atom. The lowest BCUT2D eigenvalue weighted by Crippen LogP contribution is -2.14. The van der Waals surface area contributed by atoms with E-state index in [1.165, 1.54) is 0 Å². The number of carbonyl (C=O) groups is 1. The van der Waals surface area contributed by atoms with E-state index in [1.807, 2.05) is 42.5 Å². The van der Waals surface area contributed by atoms with Gasteiger partial charge in [0.15, 0.2) is 17.3 Å². The molecule has 0 spiro atoms. The summed E-state index contributed by atoms with van der Waals surface area (Å²) in [5.74, 6) is 1.78. The summed E-state index contributed by atoms with van der Waals surface area (Å²) >= 11 is 3.37. The van der Waals surface area contributed by atoms with E-state index in [0.717, 1.165) is 15.7 Å². The van der Waals surface area contributed by atoms with E-state index >= 15 is 0 Å². The second-order valence-corrected chi connectivity index (χ2v) is 6.40. The number of benzene rings is 2. The van der Waals surface area contributed by atoms with Gasteiger partial charge < -0.3 is 19.3 Å². The van der Waals surface area contributed by atoms with Crippen molar-refractivity contribution in [3.63, 3.8) is 0 Å². The van der Waals surface area contributed by atoms with E-state index in [9.17, 15) is 4.79 Å². The summed E-state index contributed by atoms with van der Waals surface area (Å²) in [6.07, 6.45) is 0.126. The molecule has 0 saturated heterocycles. The molecule has 0 aliphatic carbocycles. The third-order valence-electron chi connectivity index (χ3n) is 3.67. The molecule has 0 radical (unpaired) electrons. The summed E-state index contributed by atoms with van der Waals surface area (Å²) in [6.45, 7) is 0.218. The van der Waals surface area contributed by atoms with E-state index in [0.29, 0.717) is 23.0 Å². The number of carbonyl (C=O) groups excluding carboxylic acids is 1. The molecule has 4 rings (SSSR count). The molecule has 1 aromatic heterocycles. The van der Waals surface area contributed by atoms with E-state index in [1.54, 1.807) is 6.07 Å². The fraction of sp³-hybridized carbons (Fsp3) is 0.111. The van der Waals surface area contributed by atoms with E-state index in [2.05, 4.69) is 26.4 Å². The lowest BCUT2D eigenvalue weighted by Gasteiger charge is -2.03. The molecular weight excluding hydrogens is 388 g/mol. The smallest absolute Gasteiger partial charge is 0.231 e. The minimum absolute atomic E-state index is 0.126. The summed E-state index contributed by atoms with van der Waals surface area (Å²) in [5.41, 5.74) is 2.09. The van der Waals surface area contributed by atoms with Crippen LogP contribution in [0.4, 0.5) is 5.69 Å². The highest BCUT2D eigenvalue weighted by Crippen LogP contribution is 2.36. The Hall–Kier alpha value is -2.80. The fourth-order valence-corrected chi connectivity index (χ4v) is 2.92. The van der Waals surface area contributed by atoms with E-state index < -0.39 is 0 Å². The predicted molar refractivity (Wildman–Crippen MR) is 94.5 cm³/mol. The number of amides is 1. The third kappa shape index (κ3) is 3.51. The van der Waals surface area contributed by atoms with Crippen LogP contribution in [0.1, 0.15) is 5.69 Å². The summed E-state index contributed by atoms with van der Waals surface area (Å²) < 4.78 is 16.9. The molecule has 0 atom stereocenters. The maximum atomic E-state index is 12.1. The Kier molecular flexibility index (Phi) is 4.15. The number of aromatic nitrogens is 1. The van der Waals surface area contributed by atoms with Gasteiger partial charge in [-0.1, -0.05) is 27.2 Å². The van der Waals surface area contributed by atoms with Crippen LogP contribution >= 0.6 is 15.9 Å². The average Bonchev–Trinajstić information content (AvgIpc) is 3.23. The van der Waals surface area contributed by atoms with Crippen LogP contribution in [-0.4, -0.2) is 17.9 Å². The molecule has 126 valence electrons. The maximum Gasteiger partial charge on any atom is 0.231 e. The van der Waals surface area contributed by atoms with Gasteiger partial charge in [0.25, 0.3) is 0 Å². The number of anilines is 1. The SMILES string of the molecule is O=C(Cc1cc(-c2ccc3c(c2)OCO3)on1)Nc1cccc(Br)c1. The molecular formula is C18H13BrN2O4. The van der Waals surface area contributed by atoms with Crippen LogP contribution in [0, 0.1) is 0 Å². The third-order valence-corrected chi connectivity index (χ3v) is 4.16. The zero-order valence-electron chi connectivity index (χ0n) is 13.0. The molecule has 2 aromatic carbocycles. The van der Waals surface area contributed by atoms with Crippen molar-refractivity contribution in [3.8, 4) is 22.8 Å². The Balaban J connectivity index is 1.45. The number of nitrogens with zero attached hydrogens (tertiary/aromatic N) is 1. The Bertz CT molecular complexity index is 938. The average molecular weight is 401 g/mol. The largest absolute Gasteiger partial charge is 0.454 e. The summed E-state index contributed by atoms with van der Waals surface area (Å²) in [6, 6.07) is 14.7. The van der Waals surface area contributed by atoms with Crippen molar-refractivity contribution in [2.24, 2.45) is 0 Å². The first-order valence-electron chi connectivity index (χ1n) is 7.58. The molecule has 2 heterocycles. The fourth-order valence-electron chi connectivity index (χ4n) is 2.52. The first-order chi connectivity index (χ1) is 12.2. The molecule has 25 heavy (non-hydrogen) atoms. The van der Waals surface area contributed by atoms with Crippen molar-refractivity contribution >= 4 is 27.5 Å². The van der Waals surface area contributed by atoms with Gasteiger partial charge in [0.1, 0.15) is 0 Å². The van der Waals surface area contributed by atoms with E-state index in [4.69, 9.17) is 14.0 Å². The number of nitrogens with one attached hydrogen (secondary N) is 1. The van der Waals surface area contributed by atoms with Crippen molar-refractivity contribution in [1.82, 2.24) is 5.16 Å². The molecule has 6 nitrogen and oxygen atoms in total. The van der Waals surface area contributed by atoms with Crippen LogP contribution in [0.3, 0.4) is 0 Å². The number of hydrogen-bond donors (Lipinski definition) is 1. The van der Waals surface area contributed by atoms with Crippen molar-refractivity contribution < 1.29 is 18.8 Å². The zero-order chi connectivity index (χ0) is 17.2. The normalized spacial score (nSPS) is 12.2. The number of hydrogen-bond acceptors (Lipinski definition) is 5. The van der Waals surface area contributed by atoms with Gasteiger partial charge in [-0.15, -0.1) is 0 Å². The Morgan fingerprint density at radius 1 is 1.12 bits per heavy atom. The molecule has 0 bridgehead atoms. The van der Waals surface area contributed by atoms with Crippen molar-refractivity contribution in [1.29, 1.82) is 0 Å². The minimum Gasteiger partial charge on any atom is -0.454 e. The van der Waals surface area contributed by atoms with Crippen LogP contribution in [-0.2, 0) is 11.2 Å². The number of fused-ring (bicyclic) bond motifs is 1. The van der Waals surface area contributed by atoms with Gasteiger partial charge in [-0.2, -0.15) is 0 Å². The molecule has 7 heteroatoms. The summed E-state index contributed by atoms with van der Waals surface area (Å²) in [7, 11) is 0. The second-order valence-electron chi connectivity index (χ2n) is 5.49. The van der Waals surface area contributed by atoms with Gasteiger partial charge >= 0.3 is 0 Å². The topological polar surface area (TPSA) is 73.6 Å².